The highest BCUT2D eigenvalue weighted by atomic mass is 79.9. The van der Waals surface area contributed by atoms with Crippen molar-refractivity contribution in [2.45, 2.75) is 23.2 Å². The third-order valence-corrected chi connectivity index (χ3v) is 4.90. The first-order valence-electron chi connectivity index (χ1n) is 5.86. The van der Waals surface area contributed by atoms with Gasteiger partial charge in [0, 0.05) is 22.0 Å². The van der Waals surface area contributed by atoms with Gasteiger partial charge in [0.25, 0.3) is 0 Å². The lowest BCUT2D eigenvalue weighted by Crippen LogP contribution is -2.21. The Morgan fingerprint density at radius 3 is 2.58 bits per heavy atom. The SMILES string of the molecule is CC(Sc1ncccc1Br)C(N)c1ccc(F)cc1. The number of thioether (sulfide) groups is 1. The minimum absolute atomic E-state index is 0.136. The van der Waals surface area contributed by atoms with Gasteiger partial charge in [-0.1, -0.05) is 19.1 Å². The van der Waals surface area contributed by atoms with Gasteiger partial charge in [-0.2, -0.15) is 0 Å². The lowest BCUT2D eigenvalue weighted by Gasteiger charge is -2.19. The summed E-state index contributed by atoms with van der Waals surface area (Å²) in [5.41, 5.74) is 7.12. The van der Waals surface area contributed by atoms with E-state index in [0.717, 1.165) is 15.1 Å². The topological polar surface area (TPSA) is 38.9 Å². The molecule has 1 heterocycles. The second-order valence-corrected chi connectivity index (χ2v) is 6.41. The van der Waals surface area contributed by atoms with Crippen molar-refractivity contribution in [1.82, 2.24) is 4.98 Å². The van der Waals surface area contributed by atoms with Crippen LogP contribution in [0.3, 0.4) is 0 Å². The van der Waals surface area contributed by atoms with Gasteiger partial charge in [-0.05, 0) is 45.8 Å². The number of aromatic nitrogens is 1. The van der Waals surface area contributed by atoms with Gasteiger partial charge in [0.15, 0.2) is 0 Å². The lowest BCUT2D eigenvalue weighted by atomic mass is 10.1. The number of rotatable bonds is 4. The van der Waals surface area contributed by atoms with Crippen LogP contribution < -0.4 is 5.73 Å². The fourth-order valence-electron chi connectivity index (χ4n) is 1.66. The number of nitrogens with two attached hydrogens (primary N) is 1. The average molecular weight is 341 g/mol. The van der Waals surface area contributed by atoms with Gasteiger partial charge in [-0.3, -0.25) is 0 Å². The Balaban J connectivity index is 2.09. The van der Waals surface area contributed by atoms with Crippen LogP contribution >= 0.6 is 27.7 Å². The number of halogens is 2. The van der Waals surface area contributed by atoms with Gasteiger partial charge in [0.2, 0.25) is 0 Å². The molecule has 2 aromatic rings. The lowest BCUT2D eigenvalue weighted by molar-refractivity contribution is 0.624. The number of hydrogen-bond acceptors (Lipinski definition) is 3. The monoisotopic (exact) mass is 340 g/mol. The molecule has 0 saturated carbocycles. The summed E-state index contributed by atoms with van der Waals surface area (Å²) in [5.74, 6) is -0.247. The molecule has 2 atom stereocenters. The summed E-state index contributed by atoms with van der Waals surface area (Å²) in [5, 5.41) is 1.05. The Kier molecular flexibility index (Phi) is 4.96. The molecule has 0 aliphatic rings. The average Bonchev–Trinajstić information content (AvgIpc) is 2.41. The van der Waals surface area contributed by atoms with E-state index in [-0.39, 0.29) is 17.1 Å². The van der Waals surface area contributed by atoms with Crippen LogP contribution in [0.25, 0.3) is 0 Å². The standard InChI is InChI=1S/C14H14BrFN2S/c1-9(19-14-12(15)3-2-8-18-14)13(17)10-4-6-11(16)7-5-10/h2-9,13H,17H2,1H3. The fourth-order valence-corrected chi connectivity index (χ4v) is 3.16. The van der Waals surface area contributed by atoms with Gasteiger partial charge in [-0.25, -0.2) is 9.37 Å². The molecule has 0 radical (unpaired) electrons. The molecular formula is C14H14BrFN2S. The molecule has 5 heteroatoms. The maximum absolute atomic E-state index is 12.9. The Hall–Kier alpha value is -0.910. The summed E-state index contributed by atoms with van der Waals surface area (Å²) >= 11 is 5.07. The van der Waals surface area contributed by atoms with Crippen LogP contribution in [0.15, 0.2) is 52.1 Å². The molecule has 19 heavy (non-hydrogen) atoms. The predicted octanol–water partition coefficient (Wildman–Crippen LogP) is 4.16. The van der Waals surface area contributed by atoms with E-state index in [4.69, 9.17) is 5.73 Å². The van der Waals surface area contributed by atoms with Crippen LogP contribution in [0.5, 0.6) is 0 Å². The van der Waals surface area contributed by atoms with E-state index in [0.29, 0.717) is 0 Å². The first-order valence-corrected chi connectivity index (χ1v) is 7.53. The Labute approximate surface area is 124 Å². The first kappa shape index (κ1) is 14.5. The largest absolute Gasteiger partial charge is 0.323 e. The molecule has 1 aromatic heterocycles. The van der Waals surface area contributed by atoms with Crippen LogP contribution in [0.2, 0.25) is 0 Å². The second-order valence-electron chi connectivity index (χ2n) is 4.19. The number of nitrogens with zero attached hydrogens (tertiary/aromatic N) is 1. The molecule has 0 spiro atoms. The summed E-state index contributed by atoms with van der Waals surface area (Å²) in [6, 6.07) is 9.98. The van der Waals surface area contributed by atoms with Gasteiger partial charge < -0.3 is 5.73 Å². The Morgan fingerprint density at radius 1 is 1.26 bits per heavy atom. The number of benzene rings is 1. The van der Waals surface area contributed by atoms with Gasteiger partial charge >= 0.3 is 0 Å². The third kappa shape index (κ3) is 3.78. The zero-order valence-corrected chi connectivity index (χ0v) is 12.8. The van der Waals surface area contributed by atoms with E-state index in [2.05, 4.69) is 20.9 Å². The van der Waals surface area contributed by atoms with E-state index in [9.17, 15) is 4.39 Å². The predicted molar refractivity (Wildman–Crippen MR) is 80.6 cm³/mol. The second kappa shape index (κ2) is 6.50. The molecule has 0 aliphatic heterocycles. The zero-order chi connectivity index (χ0) is 13.8. The van der Waals surface area contributed by atoms with E-state index in [1.54, 1.807) is 30.1 Å². The van der Waals surface area contributed by atoms with Gasteiger partial charge in [-0.15, -0.1) is 11.8 Å². The fraction of sp³-hybridized carbons (Fsp3) is 0.214. The van der Waals surface area contributed by atoms with Gasteiger partial charge in [0.05, 0.1) is 0 Å². The minimum Gasteiger partial charge on any atom is -0.323 e. The molecule has 0 aliphatic carbocycles. The highest BCUT2D eigenvalue weighted by Crippen LogP contribution is 2.33. The van der Waals surface area contributed by atoms with E-state index < -0.39 is 0 Å². The summed E-state index contributed by atoms with van der Waals surface area (Å²) in [4.78, 5) is 4.31. The highest BCUT2D eigenvalue weighted by molar-refractivity contribution is 9.10. The Bertz CT molecular complexity index is 547. The normalized spacial score (nSPS) is 14.1. The van der Waals surface area contributed by atoms with Crippen molar-refractivity contribution in [2.75, 3.05) is 0 Å². The third-order valence-electron chi connectivity index (χ3n) is 2.78. The first-order chi connectivity index (χ1) is 9.08. The molecule has 0 bridgehead atoms. The molecule has 100 valence electrons. The number of hydrogen-bond donors (Lipinski definition) is 1. The van der Waals surface area contributed by atoms with Crippen molar-refractivity contribution in [3.05, 3.63) is 58.4 Å². The number of pyridine rings is 1. The van der Waals surface area contributed by atoms with Crippen molar-refractivity contribution in [3.63, 3.8) is 0 Å². The Morgan fingerprint density at radius 2 is 1.95 bits per heavy atom. The van der Waals surface area contributed by atoms with Crippen LogP contribution in [0.1, 0.15) is 18.5 Å². The molecule has 2 N–H and O–H groups in total. The van der Waals surface area contributed by atoms with Gasteiger partial charge in [0.1, 0.15) is 10.8 Å². The molecular weight excluding hydrogens is 327 g/mol. The minimum atomic E-state index is -0.247. The zero-order valence-electron chi connectivity index (χ0n) is 10.4. The van der Waals surface area contributed by atoms with Crippen LogP contribution in [0.4, 0.5) is 4.39 Å². The smallest absolute Gasteiger partial charge is 0.123 e. The molecule has 0 saturated heterocycles. The molecule has 0 amide bonds. The molecule has 2 rings (SSSR count). The molecule has 1 aromatic carbocycles. The van der Waals surface area contributed by atoms with Crippen LogP contribution in [0, 0.1) is 5.82 Å². The quantitative estimate of drug-likeness (QED) is 0.849. The van der Waals surface area contributed by atoms with Crippen molar-refractivity contribution >= 4 is 27.7 Å². The summed E-state index contributed by atoms with van der Waals surface area (Å²) in [7, 11) is 0. The maximum Gasteiger partial charge on any atom is 0.123 e. The summed E-state index contributed by atoms with van der Waals surface area (Å²) < 4.78 is 13.8. The molecule has 0 fully saturated rings. The van der Waals surface area contributed by atoms with Crippen molar-refractivity contribution in [1.29, 1.82) is 0 Å². The van der Waals surface area contributed by atoms with Crippen LogP contribution in [-0.4, -0.2) is 10.2 Å². The maximum atomic E-state index is 12.9. The van der Waals surface area contributed by atoms with E-state index in [1.807, 2.05) is 19.1 Å². The highest BCUT2D eigenvalue weighted by Gasteiger charge is 2.17. The molecule has 2 unspecified atom stereocenters. The molecule has 2 nitrogen and oxygen atoms in total. The summed E-state index contributed by atoms with van der Waals surface area (Å²) in [6.45, 7) is 2.04. The summed E-state index contributed by atoms with van der Waals surface area (Å²) in [6.07, 6.45) is 1.75. The van der Waals surface area contributed by atoms with Crippen molar-refractivity contribution in [2.24, 2.45) is 5.73 Å². The van der Waals surface area contributed by atoms with Crippen molar-refractivity contribution in [3.8, 4) is 0 Å². The van der Waals surface area contributed by atoms with Crippen molar-refractivity contribution < 1.29 is 4.39 Å². The van der Waals surface area contributed by atoms with E-state index >= 15 is 0 Å². The van der Waals surface area contributed by atoms with Crippen LogP contribution in [-0.2, 0) is 0 Å². The van der Waals surface area contributed by atoms with E-state index in [1.165, 1.54) is 12.1 Å².